The monoisotopic (exact) mass is 525 g/mol. The molecule has 4 rings (SSSR count). The second-order valence-electron chi connectivity index (χ2n) is 8.25. The molecule has 0 saturated carbocycles. The van der Waals surface area contributed by atoms with Crippen LogP contribution in [0.25, 0.3) is 16.8 Å². The lowest BCUT2D eigenvalue weighted by molar-refractivity contribution is 0.0939. The Kier molecular flexibility index (Phi) is 8.51. The second kappa shape index (κ2) is 12.0. The summed E-state index contributed by atoms with van der Waals surface area (Å²) < 4.78 is 6.97. The highest BCUT2D eigenvalue weighted by Crippen LogP contribution is 2.30. The van der Waals surface area contributed by atoms with Crippen LogP contribution in [-0.2, 0) is 6.54 Å². The maximum Gasteiger partial charge on any atom is 0.256 e. The number of anilines is 1. The predicted octanol–water partition coefficient (Wildman–Crippen LogP) is 1.97. The average molecular weight is 526 g/mol. The van der Waals surface area contributed by atoms with Crippen LogP contribution in [0.15, 0.2) is 48.9 Å². The first kappa shape index (κ1) is 26.3. The number of amides is 1. The van der Waals surface area contributed by atoms with E-state index in [0.29, 0.717) is 52.7 Å². The summed E-state index contributed by atoms with van der Waals surface area (Å²) in [5.74, 6) is 0.0782. The first-order chi connectivity index (χ1) is 17.9. The molecule has 12 heteroatoms. The predicted molar refractivity (Wildman–Crippen MR) is 139 cm³/mol. The van der Waals surface area contributed by atoms with E-state index in [1.54, 1.807) is 41.0 Å². The van der Waals surface area contributed by atoms with Crippen molar-refractivity contribution in [2.45, 2.75) is 19.1 Å². The van der Waals surface area contributed by atoms with Gasteiger partial charge >= 0.3 is 0 Å². The van der Waals surface area contributed by atoms with Gasteiger partial charge in [0.1, 0.15) is 17.4 Å². The highest BCUT2D eigenvalue weighted by atomic mass is 35.5. The molecule has 3 aromatic heterocycles. The quantitative estimate of drug-likeness (QED) is 0.184. The lowest BCUT2D eigenvalue weighted by Gasteiger charge is -2.13. The number of nitrogens with two attached hydrogens (primary N) is 1. The number of nitrogen functional groups attached to an aromatic ring is 1. The van der Waals surface area contributed by atoms with Crippen LogP contribution in [0, 0.1) is 0 Å². The third-order valence-corrected chi connectivity index (χ3v) is 6.06. The van der Waals surface area contributed by atoms with Crippen LogP contribution in [0.5, 0.6) is 5.88 Å². The molecule has 6 N–H and O–H groups in total. The molecule has 0 radical (unpaired) electrons. The first-order valence-electron chi connectivity index (χ1n) is 11.6. The summed E-state index contributed by atoms with van der Waals surface area (Å²) in [6, 6.07) is 10.5. The number of nitrogens with one attached hydrogen (secondary N) is 2. The molecule has 0 saturated heterocycles. The van der Waals surface area contributed by atoms with Crippen molar-refractivity contribution in [1.29, 1.82) is 0 Å². The number of methoxy groups -OCH3 is 1. The Morgan fingerprint density at radius 2 is 2.00 bits per heavy atom. The first-order valence-corrected chi connectivity index (χ1v) is 12.0. The van der Waals surface area contributed by atoms with Gasteiger partial charge in [0.05, 0.1) is 25.5 Å². The summed E-state index contributed by atoms with van der Waals surface area (Å²) in [4.78, 5) is 21.5. The number of rotatable bonds is 11. The normalized spacial score (nSPS) is 12.0. The summed E-state index contributed by atoms with van der Waals surface area (Å²) >= 11 is 5.90. The van der Waals surface area contributed by atoms with Gasteiger partial charge in [-0.15, -0.1) is 0 Å². The number of carbonyl (C=O) groups is 1. The minimum absolute atomic E-state index is 0.00220. The number of aromatic nitrogens is 4. The van der Waals surface area contributed by atoms with E-state index in [2.05, 4.69) is 25.7 Å². The Labute approximate surface area is 218 Å². The molecule has 1 atom stereocenters. The molecule has 0 spiro atoms. The van der Waals surface area contributed by atoms with Crippen LogP contribution in [0.3, 0.4) is 0 Å². The van der Waals surface area contributed by atoms with E-state index in [1.807, 2.05) is 6.07 Å². The van der Waals surface area contributed by atoms with Crippen LogP contribution < -0.4 is 21.1 Å². The Hall–Kier alpha value is -3.77. The van der Waals surface area contributed by atoms with Crippen molar-refractivity contribution < 1.29 is 19.7 Å². The van der Waals surface area contributed by atoms with E-state index in [9.17, 15) is 9.90 Å². The smallest absolute Gasteiger partial charge is 0.256 e. The van der Waals surface area contributed by atoms with Gasteiger partial charge < -0.3 is 31.3 Å². The highest BCUT2D eigenvalue weighted by molar-refractivity contribution is 6.30. The maximum atomic E-state index is 13.1. The maximum absolute atomic E-state index is 13.1. The number of hydrogen-bond acceptors (Lipinski definition) is 9. The molecule has 3 heterocycles. The van der Waals surface area contributed by atoms with Crippen molar-refractivity contribution in [2.24, 2.45) is 0 Å². The Bertz CT molecular complexity index is 1380. The van der Waals surface area contributed by atoms with E-state index in [-0.39, 0.29) is 24.6 Å². The summed E-state index contributed by atoms with van der Waals surface area (Å²) in [5, 5.41) is 30.4. The lowest BCUT2D eigenvalue weighted by Crippen LogP contribution is -2.26. The molecule has 194 valence electrons. The van der Waals surface area contributed by atoms with Gasteiger partial charge in [0.2, 0.25) is 5.88 Å². The summed E-state index contributed by atoms with van der Waals surface area (Å²) in [7, 11) is 1.44. The number of hydrogen-bond donors (Lipinski definition) is 5. The van der Waals surface area contributed by atoms with E-state index in [4.69, 9.17) is 27.2 Å². The highest BCUT2D eigenvalue weighted by Gasteiger charge is 2.20. The summed E-state index contributed by atoms with van der Waals surface area (Å²) in [6.45, 7) is 1.09. The number of pyridine rings is 1. The van der Waals surface area contributed by atoms with Gasteiger partial charge in [-0.25, -0.2) is 14.5 Å². The zero-order valence-electron chi connectivity index (χ0n) is 20.2. The molecular formula is C25H28ClN7O4. The number of ether oxygens (including phenoxy) is 1. The van der Waals surface area contributed by atoms with Crippen molar-refractivity contribution in [1.82, 2.24) is 30.2 Å². The van der Waals surface area contributed by atoms with Gasteiger partial charge in [0, 0.05) is 36.4 Å². The number of nitrogens with zero attached hydrogens (tertiary/aromatic N) is 4. The van der Waals surface area contributed by atoms with E-state index < -0.39 is 12.0 Å². The molecule has 37 heavy (non-hydrogen) atoms. The largest absolute Gasteiger partial charge is 0.480 e. The zero-order chi connectivity index (χ0) is 26.4. The molecule has 0 aliphatic carbocycles. The number of halogens is 1. The Balaban J connectivity index is 1.56. The summed E-state index contributed by atoms with van der Waals surface area (Å²) in [5.41, 5.74) is 9.81. The number of fused-ring (bicyclic) bond motifs is 1. The molecule has 0 fully saturated rings. The number of carbonyl (C=O) groups excluding carboxylic acids is 1. The topological polar surface area (TPSA) is 160 Å². The van der Waals surface area contributed by atoms with Crippen LogP contribution in [0.4, 0.5) is 5.82 Å². The molecule has 0 bridgehead atoms. The molecule has 11 nitrogen and oxygen atoms in total. The van der Waals surface area contributed by atoms with Crippen LogP contribution >= 0.6 is 11.6 Å². The lowest BCUT2D eigenvalue weighted by atomic mass is 10.1. The van der Waals surface area contributed by atoms with Crippen LogP contribution in [0.1, 0.15) is 34.0 Å². The van der Waals surface area contributed by atoms with Crippen molar-refractivity contribution >= 4 is 28.8 Å². The van der Waals surface area contributed by atoms with E-state index in [1.165, 1.54) is 13.4 Å². The molecule has 4 aromatic rings. The molecule has 1 amide bonds. The standard InChI is InChI=1S/C25H28ClN7O4/c1-37-25-19(24(36)29-7-6-21(35)15-2-4-18(26)5-3-15)10-16(13-30-25)20-11-17(12-28-8-9-34)22-23(27)31-14-32-33(20)22/h2-5,10-11,13-14,21,28,34-35H,6-9,12H2,1H3,(H,29,36)(H2,27,31,32). The molecule has 1 unspecified atom stereocenters. The summed E-state index contributed by atoms with van der Waals surface area (Å²) in [6.07, 6.45) is 2.50. The number of benzene rings is 1. The molecule has 1 aromatic carbocycles. The molecule has 0 aliphatic heterocycles. The van der Waals surface area contributed by atoms with Crippen LogP contribution in [-0.4, -0.2) is 62.5 Å². The van der Waals surface area contributed by atoms with Crippen molar-refractivity contribution in [3.05, 3.63) is 70.6 Å². The van der Waals surface area contributed by atoms with Gasteiger partial charge in [-0.05, 0) is 41.8 Å². The van der Waals surface area contributed by atoms with Crippen molar-refractivity contribution in [2.75, 3.05) is 32.5 Å². The average Bonchev–Trinajstić information content (AvgIpc) is 3.28. The van der Waals surface area contributed by atoms with Gasteiger partial charge in [-0.3, -0.25) is 4.79 Å². The third kappa shape index (κ3) is 5.97. The van der Waals surface area contributed by atoms with E-state index in [0.717, 1.165) is 5.56 Å². The van der Waals surface area contributed by atoms with Gasteiger partial charge in [0.15, 0.2) is 5.82 Å². The van der Waals surface area contributed by atoms with Gasteiger partial charge in [-0.1, -0.05) is 23.7 Å². The van der Waals surface area contributed by atoms with Gasteiger partial charge in [0.25, 0.3) is 5.91 Å². The fourth-order valence-electron chi connectivity index (χ4n) is 3.97. The number of aliphatic hydroxyl groups excluding tert-OH is 2. The van der Waals surface area contributed by atoms with Crippen molar-refractivity contribution in [3.8, 4) is 17.1 Å². The van der Waals surface area contributed by atoms with Crippen molar-refractivity contribution in [3.63, 3.8) is 0 Å². The minimum Gasteiger partial charge on any atom is -0.480 e. The zero-order valence-corrected chi connectivity index (χ0v) is 20.9. The van der Waals surface area contributed by atoms with Crippen LogP contribution in [0.2, 0.25) is 5.02 Å². The molecular weight excluding hydrogens is 498 g/mol. The Morgan fingerprint density at radius 1 is 1.22 bits per heavy atom. The minimum atomic E-state index is -0.751. The van der Waals surface area contributed by atoms with E-state index >= 15 is 0 Å². The Morgan fingerprint density at radius 3 is 2.73 bits per heavy atom. The fraction of sp³-hybridized carbons (Fsp3) is 0.280. The fourth-order valence-corrected chi connectivity index (χ4v) is 4.10. The third-order valence-electron chi connectivity index (χ3n) is 5.81. The SMILES string of the molecule is COc1ncc(-c2cc(CNCCO)c3c(N)ncnn23)cc1C(=O)NCCC(O)c1ccc(Cl)cc1. The molecule has 0 aliphatic rings. The van der Waals surface area contributed by atoms with Gasteiger partial charge in [-0.2, -0.15) is 5.10 Å². The second-order valence-corrected chi connectivity index (χ2v) is 8.69. The number of aliphatic hydroxyl groups is 2.